The van der Waals surface area contributed by atoms with Gasteiger partial charge in [0.1, 0.15) is 5.75 Å². The largest absolute Gasteiger partial charge is 0.495 e. The van der Waals surface area contributed by atoms with Crippen LogP contribution in [0.2, 0.25) is 0 Å². The summed E-state index contributed by atoms with van der Waals surface area (Å²) in [4.78, 5) is 16.7. The number of amides is 1. The highest BCUT2D eigenvalue weighted by Gasteiger charge is 2.61. The predicted octanol–water partition coefficient (Wildman–Crippen LogP) is 7.00. The van der Waals surface area contributed by atoms with E-state index in [1.54, 1.807) is 0 Å². The number of hydrogen-bond acceptors (Lipinski definition) is 5. The second kappa shape index (κ2) is 11.0. The molecule has 0 bridgehead atoms. The average Bonchev–Trinajstić information content (AvgIpc) is 3.28. The summed E-state index contributed by atoms with van der Waals surface area (Å²) in [7, 11) is -2.49. The summed E-state index contributed by atoms with van der Waals surface area (Å²) in [5.74, 6) is 5.39. The molecule has 9 atom stereocenters. The molecular weight excluding hydrogens is 508 g/mol. The molecule has 0 aliphatic heterocycles. The number of nitrogens with one attached hydrogen (secondary N) is 1. The molecule has 1 aromatic rings. The molecule has 4 aliphatic rings. The zero-order chi connectivity index (χ0) is 28.0. The lowest BCUT2D eigenvalue weighted by molar-refractivity contribution is -0.138. The topological polar surface area (TPSA) is 85.4 Å². The maximum Gasteiger partial charge on any atom is 0.281 e. The number of rotatable bonds is 8. The molecule has 4 aliphatic carbocycles. The van der Waals surface area contributed by atoms with E-state index in [1.807, 2.05) is 0 Å². The third-order valence-electron chi connectivity index (χ3n) is 12.3. The Labute approximate surface area is 236 Å². The van der Waals surface area contributed by atoms with E-state index in [0.717, 1.165) is 36.0 Å². The van der Waals surface area contributed by atoms with Crippen LogP contribution in [0.1, 0.15) is 105 Å². The van der Waals surface area contributed by atoms with Crippen molar-refractivity contribution in [1.29, 1.82) is 0 Å². The minimum atomic E-state index is -3.99. The van der Waals surface area contributed by atoms with Crippen LogP contribution in [-0.2, 0) is 14.8 Å². The molecule has 1 aromatic heterocycles. The molecular formula is C32H50N2O4S. The first-order valence-corrected chi connectivity index (χ1v) is 17.1. The molecule has 0 radical (unpaired) electrons. The van der Waals surface area contributed by atoms with E-state index in [1.165, 1.54) is 89.6 Å². The molecule has 39 heavy (non-hydrogen) atoms. The molecule has 0 spiro atoms. The molecule has 4 fully saturated rings. The van der Waals surface area contributed by atoms with Crippen LogP contribution in [0.4, 0.5) is 0 Å². The first-order valence-electron chi connectivity index (χ1n) is 15.6. The fourth-order valence-electron chi connectivity index (χ4n) is 10.5. The second-order valence-corrected chi connectivity index (χ2v) is 15.6. The van der Waals surface area contributed by atoms with Crippen molar-refractivity contribution in [3.63, 3.8) is 0 Å². The Morgan fingerprint density at radius 3 is 2.54 bits per heavy atom. The Bertz CT molecular complexity index is 1140. The highest BCUT2D eigenvalue weighted by atomic mass is 32.2. The molecule has 1 heterocycles. The van der Waals surface area contributed by atoms with E-state index >= 15 is 0 Å². The Balaban J connectivity index is 1.22. The van der Waals surface area contributed by atoms with Gasteiger partial charge in [0.05, 0.1) is 13.3 Å². The zero-order valence-corrected chi connectivity index (χ0v) is 25.6. The van der Waals surface area contributed by atoms with E-state index in [9.17, 15) is 13.2 Å². The Kier molecular flexibility index (Phi) is 8.13. The van der Waals surface area contributed by atoms with Crippen molar-refractivity contribution >= 4 is 15.9 Å². The zero-order valence-electron chi connectivity index (χ0n) is 24.7. The van der Waals surface area contributed by atoms with Gasteiger partial charge in [0.2, 0.25) is 5.91 Å². The van der Waals surface area contributed by atoms with Crippen molar-refractivity contribution in [2.75, 3.05) is 7.11 Å². The maximum atomic E-state index is 12.7. The Hall–Kier alpha value is -1.63. The van der Waals surface area contributed by atoms with Crippen LogP contribution in [0.15, 0.2) is 23.4 Å². The maximum absolute atomic E-state index is 12.7. The third-order valence-corrected chi connectivity index (χ3v) is 13.6. The number of methoxy groups -OCH3 is 1. The number of nitrogens with zero attached hydrogens (tertiary/aromatic N) is 1. The number of hydrogen-bond donors (Lipinski definition) is 1. The van der Waals surface area contributed by atoms with Gasteiger partial charge in [-0.05, 0) is 116 Å². The highest BCUT2D eigenvalue weighted by Crippen LogP contribution is 2.69. The van der Waals surface area contributed by atoms with E-state index in [-0.39, 0.29) is 11.4 Å². The summed E-state index contributed by atoms with van der Waals surface area (Å²) in [6.45, 7) is 9.96. The number of carbonyl (C=O) groups is 1. The van der Waals surface area contributed by atoms with Crippen LogP contribution in [0, 0.1) is 52.3 Å². The molecule has 1 N–H and O–H groups in total. The number of aromatic nitrogens is 1. The monoisotopic (exact) mass is 558 g/mol. The summed E-state index contributed by atoms with van der Waals surface area (Å²) < 4.78 is 32.6. The first-order chi connectivity index (χ1) is 18.5. The third kappa shape index (κ3) is 5.15. The second-order valence-electron chi connectivity index (χ2n) is 13.9. The minimum absolute atomic E-state index is 0.167. The first kappa shape index (κ1) is 28.9. The van der Waals surface area contributed by atoms with Crippen molar-refractivity contribution < 1.29 is 17.9 Å². The van der Waals surface area contributed by atoms with E-state index in [2.05, 4.69) is 37.4 Å². The molecule has 1 amide bonds. The Morgan fingerprint density at radius 2 is 1.85 bits per heavy atom. The average molecular weight is 559 g/mol. The fraction of sp³-hybridized carbons (Fsp3) is 0.812. The van der Waals surface area contributed by atoms with Gasteiger partial charge < -0.3 is 4.74 Å². The van der Waals surface area contributed by atoms with E-state index < -0.39 is 15.9 Å². The summed E-state index contributed by atoms with van der Waals surface area (Å²) in [5.41, 5.74) is 0.876. The van der Waals surface area contributed by atoms with Gasteiger partial charge in [0.15, 0.2) is 5.03 Å². The van der Waals surface area contributed by atoms with Crippen LogP contribution in [0.3, 0.4) is 0 Å². The number of sulfonamides is 1. The van der Waals surface area contributed by atoms with Crippen molar-refractivity contribution in [3.8, 4) is 5.75 Å². The van der Waals surface area contributed by atoms with Gasteiger partial charge in [0.25, 0.3) is 10.0 Å². The SMILES string of the molecule is CC[C@H]1CC2C3CC[C@H]([C@H](C)CCC(=O)NS(=O)(=O)c4ccc(OC)cn4)[C@@]3(C)CCC2[C@@]2(C)CCCC[C@@H]12. The lowest BCUT2D eigenvalue weighted by Crippen LogP contribution is -2.55. The predicted molar refractivity (Wildman–Crippen MR) is 154 cm³/mol. The summed E-state index contributed by atoms with van der Waals surface area (Å²) in [6, 6.07) is 2.89. The van der Waals surface area contributed by atoms with Crippen molar-refractivity contribution in [3.05, 3.63) is 18.3 Å². The van der Waals surface area contributed by atoms with Crippen LogP contribution < -0.4 is 9.46 Å². The van der Waals surface area contributed by atoms with Crippen molar-refractivity contribution in [1.82, 2.24) is 9.71 Å². The van der Waals surface area contributed by atoms with Crippen LogP contribution in [-0.4, -0.2) is 26.4 Å². The molecule has 5 rings (SSSR count). The number of pyridine rings is 1. The van der Waals surface area contributed by atoms with Gasteiger partial charge in [-0.15, -0.1) is 0 Å². The van der Waals surface area contributed by atoms with Gasteiger partial charge >= 0.3 is 0 Å². The quantitative estimate of drug-likeness (QED) is 0.371. The molecule has 7 heteroatoms. The van der Waals surface area contributed by atoms with Gasteiger partial charge in [-0.1, -0.05) is 47.0 Å². The Morgan fingerprint density at radius 1 is 1.08 bits per heavy atom. The van der Waals surface area contributed by atoms with Crippen molar-refractivity contribution in [2.24, 2.45) is 52.3 Å². The normalized spacial score (nSPS) is 38.7. The molecule has 0 aromatic carbocycles. The summed E-state index contributed by atoms with van der Waals surface area (Å²) >= 11 is 0. The van der Waals surface area contributed by atoms with Gasteiger partial charge in [-0.25, -0.2) is 9.71 Å². The highest BCUT2D eigenvalue weighted by molar-refractivity contribution is 7.90. The summed E-state index contributed by atoms with van der Waals surface area (Å²) in [6.07, 6.45) is 16.0. The standard InChI is InChI=1S/C32H50N2O4S/c1-6-22-19-24-27-13-12-25(32(27,4)18-16-28(24)31(3)17-8-7-9-26(22)31)21(2)10-14-29(35)34-39(36,37)30-15-11-23(38-5)20-33-30/h11,15,20-22,24-28H,6-10,12-14,16-19H2,1-5H3,(H,34,35)/t21-,22+,24?,25-,26+,27?,28?,31+,32-/m1/s1. The van der Waals surface area contributed by atoms with Crippen LogP contribution in [0.5, 0.6) is 5.75 Å². The smallest absolute Gasteiger partial charge is 0.281 e. The lowest BCUT2D eigenvalue weighted by atomic mass is 9.42. The number of carbonyl (C=O) groups excluding carboxylic acids is 1. The fourth-order valence-corrected chi connectivity index (χ4v) is 11.4. The lowest BCUT2D eigenvalue weighted by Gasteiger charge is -2.63. The molecule has 4 saturated carbocycles. The van der Waals surface area contributed by atoms with Crippen LogP contribution in [0.25, 0.3) is 0 Å². The summed E-state index contributed by atoms with van der Waals surface area (Å²) in [5, 5.41) is -0.167. The molecule has 6 nitrogen and oxygen atoms in total. The molecule has 218 valence electrons. The minimum Gasteiger partial charge on any atom is -0.495 e. The van der Waals surface area contributed by atoms with Crippen molar-refractivity contribution in [2.45, 2.75) is 110 Å². The van der Waals surface area contributed by atoms with Crippen LogP contribution >= 0.6 is 0 Å². The number of ether oxygens (including phenoxy) is 1. The van der Waals surface area contributed by atoms with E-state index in [0.29, 0.717) is 28.4 Å². The van der Waals surface area contributed by atoms with E-state index in [4.69, 9.17) is 4.74 Å². The van der Waals surface area contributed by atoms with Gasteiger partial charge in [-0.2, -0.15) is 8.42 Å². The van der Waals surface area contributed by atoms with Gasteiger partial charge in [-0.3, -0.25) is 4.79 Å². The molecule has 0 saturated heterocycles. The van der Waals surface area contributed by atoms with Gasteiger partial charge in [0, 0.05) is 6.42 Å². The number of fused-ring (bicyclic) bond motifs is 5. The molecule has 3 unspecified atom stereocenters.